The van der Waals surface area contributed by atoms with Gasteiger partial charge in [-0.2, -0.15) is 0 Å². The van der Waals surface area contributed by atoms with Gasteiger partial charge < -0.3 is 25.0 Å². The third-order valence-electron chi connectivity index (χ3n) is 11.4. The van der Waals surface area contributed by atoms with E-state index in [9.17, 15) is 32.4 Å². The number of ether oxygens (including phenoxy) is 2. The Balaban J connectivity index is 1.11. The number of sulfonamides is 1. The highest BCUT2D eigenvalue weighted by Gasteiger charge is 2.62. The van der Waals surface area contributed by atoms with Crippen LogP contribution in [0.3, 0.4) is 0 Å². The highest BCUT2D eigenvalue weighted by Crippen LogP contribution is 2.48. The molecular formula is C35H48N6O9S. The van der Waals surface area contributed by atoms with Crippen molar-refractivity contribution in [3.05, 3.63) is 29.6 Å². The molecule has 5 fully saturated rings. The van der Waals surface area contributed by atoms with Crippen LogP contribution in [0.2, 0.25) is 0 Å². The molecule has 0 aromatic carbocycles. The monoisotopic (exact) mass is 728 g/mol. The zero-order chi connectivity index (χ0) is 35.8. The van der Waals surface area contributed by atoms with E-state index in [1.165, 1.54) is 9.80 Å². The average molecular weight is 729 g/mol. The molecule has 0 bridgehead atoms. The molecule has 1 aromatic rings. The van der Waals surface area contributed by atoms with E-state index in [1.807, 2.05) is 6.07 Å². The number of fused-ring (bicyclic) bond motifs is 3. The number of amides is 5. The maximum Gasteiger partial charge on any atom is 0.410 e. The standard InChI is InChI=1S/C35H48N6O9S/c42-30-29-16-26(50-34(46)40-19-22-14-15-36-18-23(22)20-40)21-41(29)31(43)28(37-33(45)49-25-9-6-7-10-25)11-5-3-1-2-4-8-24-17-35(24,38-30)32(44)39-51(47,48)27-12-13-27/h14-15,18,24-29H,1-13,16-17,19-21H2,(H,37,45)(H,38,42)(H,39,44)/t24-,26-,28+,29+,35-/m1/s1. The van der Waals surface area contributed by atoms with Crippen LogP contribution in [0, 0.1) is 5.92 Å². The first kappa shape index (κ1) is 35.5. The van der Waals surface area contributed by atoms with Gasteiger partial charge in [-0.1, -0.05) is 32.1 Å². The van der Waals surface area contributed by atoms with Gasteiger partial charge in [-0.05, 0) is 80.9 Å². The first-order valence-electron chi connectivity index (χ1n) is 18.6. The summed E-state index contributed by atoms with van der Waals surface area (Å²) in [5.41, 5.74) is 0.439. The lowest BCUT2D eigenvalue weighted by molar-refractivity contribution is -0.141. The summed E-state index contributed by atoms with van der Waals surface area (Å²) in [6.45, 7) is 0.562. The number of aromatic nitrogens is 1. The molecule has 0 radical (unpaired) electrons. The summed E-state index contributed by atoms with van der Waals surface area (Å²) in [6, 6.07) is -0.277. The lowest BCUT2D eigenvalue weighted by atomic mass is 10.0. The van der Waals surface area contributed by atoms with E-state index >= 15 is 0 Å². The number of carbonyl (C=O) groups is 5. The van der Waals surface area contributed by atoms with Crippen LogP contribution in [0.25, 0.3) is 0 Å². The number of nitrogens with one attached hydrogen (secondary N) is 3. The number of nitrogens with zero attached hydrogens (tertiary/aromatic N) is 3. The molecule has 3 aliphatic heterocycles. The minimum atomic E-state index is -3.87. The van der Waals surface area contributed by atoms with Crippen LogP contribution >= 0.6 is 0 Å². The van der Waals surface area contributed by atoms with Crippen molar-refractivity contribution in [3.63, 3.8) is 0 Å². The Morgan fingerprint density at radius 2 is 1.59 bits per heavy atom. The summed E-state index contributed by atoms with van der Waals surface area (Å²) in [5, 5.41) is 5.04. The maximum absolute atomic E-state index is 14.4. The fourth-order valence-electron chi connectivity index (χ4n) is 8.15. The molecule has 3 saturated carbocycles. The van der Waals surface area contributed by atoms with Crippen LogP contribution < -0.4 is 15.4 Å². The molecule has 5 atom stereocenters. The van der Waals surface area contributed by atoms with E-state index in [2.05, 4.69) is 20.3 Å². The molecule has 1 aromatic heterocycles. The second-order valence-electron chi connectivity index (χ2n) is 15.1. The number of carbonyl (C=O) groups excluding carboxylic acids is 5. The second kappa shape index (κ2) is 14.6. The Hall–Kier alpha value is -3.95. The summed E-state index contributed by atoms with van der Waals surface area (Å²) < 4.78 is 39.3. The van der Waals surface area contributed by atoms with Crippen molar-refractivity contribution in [2.75, 3.05) is 6.54 Å². The van der Waals surface area contributed by atoms with Gasteiger partial charge in [0.25, 0.3) is 5.91 Å². The molecule has 4 heterocycles. The van der Waals surface area contributed by atoms with E-state index in [0.29, 0.717) is 45.2 Å². The number of rotatable bonds is 6. The largest absolute Gasteiger partial charge is 0.446 e. The summed E-state index contributed by atoms with van der Waals surface area (Å²) in [5.74, 6) is -2.15. The zero-order valence-corrected chi connectivity index (χ0v) is 29.7. The Labute approximate surface area is 298 Å². The predicted octanol–water partition coefficient (Wildman–Crippen LogP) is 2.77. The second-order valence-corrected chi connectivity index (χ2v) is 17.1. The summed E-state index contributed by atoms with van der Waals surface area (Å²) in [4.78, 5) is 75.6. The van der Waals surface area contributed by atoms with E-state index in [-0.39, 0.29) is 31.4 Å². The number of pyridine rings is 1. The first-order chi connectivity index (χ1) is 24.5. The highest BCUT2D eigenvalue weighted by molar-refractivity contribution is 7.91. The van der Waals surface area contributed by atoms with Gasteiger partial charge in [0.15, 0.2) is 0 Å². The van der Waals surface area contributed by atoms with Gasteiger partial charge >= 0.3 is 12.2 Å². The molecule has 51 heavy (non-hydrogen) atoms. The van der Waals surface area contributed by atoms with Gasteiger partial charge in [-0.3, -0.25) is 29.0 Å². The normalized spacial score (nSPS) is 30.2. The van der Waals surface area contributed by atoms with Crippen LogP contribution in [-0.4, -0.2) is 94.7 Å². The fourth-order valence-corrected chi connectivity index (χ4v) is 9.52. The predicted molar refractivity (Wildman–Crippen MR) is 181 cm³/mol. The molecular weight excluding hydrogens is 680 g/mol. The third-order valence-corrected chi connectivity index (χ3v) is 13.2. The number of alkyl carbamates (subject to hydrolysis) is 1. The van der Waals surface area contributed by atoms with Gasteiger partial charge in [0, 0.05) is 25.4 Å². The van der Waals surface area contributed by atoms with Gasteiger partial charge in [-0.15, -0.1) is 0 Å². The Morgan fingerprint density at radius 1 is 0.882 bits per heavy atom. The van der Waals surface area contributed by atoms with Crippen molar-refractivity contribution in [2.24, 2.45) is 5.92 Å². The molecule has 3 N–H and O–H groups in total. The highest BCUT2D eigenvalue weighted by atomic mass is 32.2. The minimum absolute atomic E-state index is 0.0341. The van der Waals surface area contributed by atoms with Crippen molar-refractivity contribution in [2.45, 2.75) is 144 Å². The summed E-state index contributed by atoms with van der Waals surface area (Å²) >= 11 is 0. The van der Waals surface area contributed by atoms with Gasteiger partial charge in [0.05, 0.1) is 18.3 Å². The lowest BCUT2D eigenvalue weighted by Gasteiger charge is -2.30. The quantitative estimate of drug-likeness (QED) is 0.392. The molecule has 5 amide bonds. The third kappa shape index (κ3) is 7.95. The molecule has 7 rings (SSSR count). The van der Waals surface area contributed by atoms with Crippen molar-refractivity contribution >= 4 is 39.9 Å². The van der Waals surface area contributed by atoms with Crippen molar-refractivity contribution in [1.29, 1.82) is 0 Å². The van der Waals surface area contributed by atoms with E-state index in [1.54, 1.807) is 12.4 Å². The molecule has 3 aliphatic carbocycles. The summed E-state index contributed by atoms with van der Waals surface area (Å²) in [7, 11) is -3.87. The van der Waals surface area contributed by atoms with Crippen molar-refractivity contribution in [3.8, 4) is 0 Å². The fraction of sp³-hybridized carbons (Fsp3) is 0.714. The first-order valence-corrected chi connectivity index (χ1v) is 20.1. The van der Waals surface area contributed by atoms with Crippen LogP contribution in [-0.2, 0) is 47.0 Å². The van der Waals surface area contributed by atoms with E-state index in [4.69, 9.17) is 9.47 Å². The Morgan fingerprint density at radius 3 is 2.33 bits per heavy atom. The zero-order valence-electron chi connectivity index (χ0n) is 28.8. The molecule has 0 spiro atoms. The van der Waals surface area contributed by atoms with E-state index < -0.39 is 68.9 Å². The van der Waals surface area contributed by atoms with Gasteiger partial charge in [0.1, 0.15) is 29.8 Å². The Bertz CT molecular complexity index is 1620. The van der Waals surface area contributed by atoms with Gasteiger partial charge in [0.2, 0.25) is 21.8 Å². The summed E-state index contributed by atoms with van der Waals surface area (Å²) in [6.07, 6.45) is 10.7. The molecule has 6 aliphatic rings. The lowest BCUT2D eigenvalue weighted by Crippen LogP contribution is -2.58. The Kier molecular flexibility index (Phi) is 10.1. The van der Waals surface area contributed by atoms with E-state index in [0.717, 1.165) is 62.5 Å². The SMILES string of the molecule is O=C(N[C@H]1CCCCCCC[C@@H]2C[C@@]2(C(=O)NS(=O)(=O)C2CC2)NC(=O)[C@@H]2C[C@@H](OC(=O)N3Cc4ccncc4C3)CN2C1=O)OC1CCCC1. The smallest absolute Gasteiger partial charge is 0.410 e. The molecule has 0 unspecified atom stereocenters. The molecule has 15 nitrogen and oxygen atoms in total. The molecule has 2 saturated heterocycles. The average Bonchev–Trinajstić information content (AvgIpc) is 3.88. The minimum Gasteiger partial charge on any atom is -0.446 e. The maximum atomic E-state index is 14.4. The van der Waals surface area contributed by atoms with Crippen LogP contribution in [0.15, 0.2) is 18.5 Å². The van der Waals surface area contributed by atoms with Crippen molar-refractivity contribution < 1.29 is 41.9 Å². The van der Waals surface area contributed by atoms with Crippen LogP contribution in [0.5, 0.6) is 0 Å². The number of hydrogen-bond donors (Lipinski definition) is 3. The van der Waals surface area contributed by atoms with Crippen LogP contribution in [0.4, 0.5) is 9.59 Å². The van der Waals surface area contributed by atoms with Crippen LogP contribution in [0.1, 0.15) is 107 Å². The topological polar surface area (TPSA) is 193 Å². The van der Waals surface area contributed by atoms with Gasteiger partial charge in [-0.25, -0.2) is 18.0 Å². The number of hydrogen-bond acceptors (Lipinski definition) is 10. The van der Waals surface area contributed by atoms with Crippen molar-refractivity contribution in [1.82, 2.24) is 30.1 Å². The molecule has 278 valence electrons. The molecule has 16 heteroatoms.